The van der Waals surface area contributed by atoms with E-state index in [4.69, 9.17) is 9.84 Å². The Bertz CT molecular complexity index is 134. The lowest BCUT2D eigenvalue weighted by atomic mass is 10.2. The number of aliphatic hydroxyl groups is 1. The van der Waals surface area contributed by atoms with Gasteiger partial charge in [-0.15, -0.1) is 0 Å². The Kier molecular flexibility index (Phi) is 7.93. The summed E-state index contributed by atoms with van der Waals surface area (Å²) in [6.45, 7) is 3.64. The van der Waals surface area contributed by atoms with Crippen LogP contribution < -0.4 is 5.32 Å². The second-order valence-corrected chi connectivity index (χ2v) is 3.46. The van der Waals surface area contributed by atoms with Crippen LogP contribution in [0.4, 0.5) is 8.78 Å². The Morgan fingerprint density at radius 1 is 1.36 bits per heavy atom. The minimum atomic E-state index is -2.42. The van der Waals surface area contributed by atoms with E-state index in [1.165, 1.54) is 0 Å². The quantitative estimate of drug-likeness (QED) is 0.589. The van der Waals surface area contributed by atoms with Crippen molar-refractivity contribution >= 4 is 0 Å². The molecule has 0 saturated carbocycles. The zero-order valence-electron chi connectivity index (χ0n) is 8.67. The number of hydrogen-bond acceptors (Lipinski definition) is 3. The molecule has 0 rings (SSSR count). The molecule has 2 N–H and O–H groups in total. The number of hydrogen-bond donors (Lipinski definition) is 2. The van der Waals surface area contributed by atoms with Crippen molar-refractivity contribution in [3.63, 3.8) is 0 Å². The highest BCUT2D eigenvalue weighted by Crippen LogP contribution is 1.97. The summed E-state index contributed by atoms with van der Waals surface area (Å²) in [7, 11) is 0. The fourth-order valence-corrected chi connectivity index (χ4v) is 1.10. The van der Waals surface area contributed by atoms with Crippen LogP contribution in [-0.2, 0) is 4.74 Å². The summed E-state index contributed by atoms with van der Waals surface area (Å²) in [5.41, 5.74) is 0. The number of nitrogens with one attached hydrogen (secondary N) is 1. The van der Waals surface area contributed by atoms with E-state index in [2.05, 4.69) is 5.32 Å². The largest absolute Gasteiger partial charge is 0.395 e. The molecule has 3 nitrogen and oxygen atoms in total. The van der Waals surface area contributed by atoms with Gasteiger partial charge in [0.25, 0.3) is 6.43 Å². The molecule has 0 amide bonds. The van der Waals surface area contributed by atoms with Crippen LogP contribution in [0.2, 0.25) is 0 Å². The van der Waals surface area contributed by atoms with Crippen LogP contribution in [0, 0.1) is 0 Å². The lowest BCUT2D eigenvalue weighted by Crippen LogP contribution is -2.38. The molecule has 1 atom stereocenters. The highest BCUT2D eigenvalue weighted by Gasteiger charge is 2.09. The summed E-state index contributed by atoms with van der Waals surface area (Å²) in [4.78, 5) is 0. The van der Waals surface area contributed by atoms with E-state index >= 15 is 0 Å². The zero-order valence-corrected chi connectivity index (χ0v) is 8.67. The van der Waals surface area contributed by atoms with Gasteiger partial charge in [-0.3, -0.25) is 0 Å². The normalized spacial score (nSPS) is 13.9. The van der Waals surface area contributed by atoms with Crippen molar-refractivity contribution in [1.29, 1.82) is 0 Å². The predicted molar refractivity (Wildman–Crippen MR) is 50.6 cm³/mol. The van der Waals surface area contributed by atoms with Crippen molar-refractivity contribution in [1.82, 2.24) is 5.32 Å². The summed E-state index contributed by atoms with van der Waals surface area (Å²) in [5, 5.41) is 12.0. The van der Waals surface area contributed by atoms with E-state index in [-0.39, 0.29) is 25.3 Å². The maximum Gasteiger partial charge on any atom is 0.261 e. The van der Waals surface area contributed by atoms with E-state index in [1.54, 1.807) is 0 Å². The first-order valence-electron chi connectivity index (χ1n) is 4.79. The van der Waals surface area contributed by atoms with Crippen LogP contribution in [0.15, 0.2) is 0 Å². The summed E-state index contributed by atoms with van der Waals surface area (Å²) in [5.74, 6) is 0. The molecule has 0 aliphatic heterocycles. The second kappa shape index (κ2) is 8.08. The smallest absolute Gasteiger partial charge is 0.261 e. The molecule has 5 heteroatoms. The van der Waals surface area contributed by atoms with Gasteiger partial charge < -0.3 is 15.2 Å². The minimum Gasteiger partial charge on any atom is -0.395 e. The van der Waals surface area contributed by atoms with Crippen LogP contribution in [0.25, 0.3) is 0 Å². The monoisotopic (exact) mass is 211 g/mol. The average molecular weight is 211 g/mol. The molecular formula is C9H19F2NO2. The van der Waals surface area contributed by atoms with Crippen LogP contribution in [0.5, 0.6) is 0 Å². The van der Waals surface area contributed by atoms with Gasteiger partial charge in [-0.1, -0.05) is 13.8 Å². The standard InChI is InChI=1S/C9H19F2NO2/c1-7(2)12-8(5-13)3-4-14-6-9(10)11/h7-9,12-13H,3-6H2,1-2H3. The highest BCUT2D eigenvalue weighted by atomic mass is 19.3. The van der Waals surface area contributed by atoms with Gasteiger partial charge in [-0.25, -0.2) is 8.78 Å². The van der Waals surface area contributed by atoms with Crippen molar-refractivity contribution in [3.05, 3.63) is 0 Å². The molecule has 0 spiro atoms. The third kappa shape index (κ3) is 8.34. The summed E-state index contributed by atoms with van der Waals surface area (Å²) >= 11 is 0. The average Bonchev–Trinajstić information content (AvgIpc) is 2.09. The molecule has 0 aliphatic carbocycles. The lowest BCUT2D eigenvalue weighted by Gasteiger charge is -2.18. The van der Waals surface area contributed by atoms with Crippen molar-refractivity contribution in [2.75, 3.05) is 19.8 Å². The van der Waals surface area contributed by atoms with Crippen LogP contribution in [0.1, 0.15) is 20.3 Å². The van der Waals surface area contributed by atoms with Crippen molar-refractivity contribution < 1.29 is 18.6 Å². The number of ether oxygens (including phenoxy) is 1. The van der Waals surface area contributed by atoms with Gasteiger partial charge in [0, 0.05) is 18.7 Å². The Morgan fingerprint density at radius 2 is 2.00 bits per heavy atom. The molecule has 0 aromatic carbocycles. The zero-order chi connectivity index (χ0) is 11.0. The van der Waals surface area contributed by atoms with Crippen molar-refractivity contribution in [2.24, 2.45) is 0 Å². The maximum atomic E-state index is 11.7. The lowest BCUT2D eigenvalue weighted by molar-refractivity contribution is 0.0125. The van der Waals surface area contributed by atoms with Crippen LogP contribution >= 0.6 is 0 Å². The second-order valence-electron chi connectivity index (χ2n) is 3.46. The van der Waals surface area contributed by atoms with Gasteiger partial charge in [0.2, 0.25) is 0 Å². The highest BCUT2D eigenvalue weighted by molar-refractivity contribution is 4.67. The van der Waals surface area contributed by atoms with Gasteiger partial charge in [0.15, 0.2) is 0 Å². The van der Waals surface area contributed by atoms with E-state index in [0.717, 1.165) is 0 Å². The molecule has 0 heterocycles. The molecule has 0 aromatic heterocycles. The Labute approximate surface area is 83.4 Å². The number of halogens is 2. The Morgan fingerprint density at radius 3 is 2.43 bits per heavy atom. The summed E-state index contributed by atoms with van der Waals surface area (Å²) in [6, 6.07) is 0.190. The first kappa shape index (κ1) is 13.7. The Hall–Kier alpha value is -0.260. The first-order valence-corrected chi connectivity index (χ1v) is 4.79. The molecule has 0 fully saturated rings. The SMILES string of the molecule is CC(C)NC(CO)CCOCC(F)F. The van der Waals surface area contributed by atoms with E-state index in [9.17, 15) is 8.78 Å². The minimum absolute atomic E-state index is 0.00375. The number of alkyl halides is 2. The van der Waals surface area contributed by atoms with Gasteiger partial charge in [0.1, 0.15) is 6.61 Å². The molecular weight excluding hydrogens is 192 g/mol. The molecule has 0 aliphatic rings. The maximum absolute atomic E-state index is 11.7. The third-order valence-electron chi connectivity index (χ3n) is 1.64. The summed E-state index contributed by atoms with van der Waals surface area (Å²) in [6.07, 6.45) is -1.87. The van der Waals surface area contributed by atoms with Crippen LogP contribution in [0.3, 0.4) is 0 Å². The molecule has 1 unspecified atom stereocenters. The van der Waals surface area contributed by atoms with Crippen molar-refractivity contribution in [3.8, 4) is 0 Å². The fraction of sp³-hybridized carbons (Fsp3) is 1.00. The van der Waals surface area contributed by atoms with E-state index < -0.39 is 13.0 Å². The third-order valence-corrected chi connectivity index (χ3v) is 1.64. The summed E-state index contributed by atoms with van der Waals surface area (Å²) < 4.78 is 28.0. The van der Waals surface area contributed by atoms with Crippen molar-refractivity contribution in [2.45, 2.75) is 38.8 Å². The number of rotatable bonds is 8. The van der Waals surface area contributed by atoms with E-state index in [1.807, 2.05) is 13.8 Å². The Balaban J connectivity index is 3.43. The molecule has 14 heavy (non-hydrogen) atoms. The van der Waals surface area contributed by atoms with Gasteiger partial charge in [-0.05, 0) is 6.42 Å². The molecule has 0 bridgehead atoms. The van der Waals surface area contributed by atoms with Gasteiger partial charge in [-0.2, -0.15) is 0 Å². The first-order chi connectivity index (χ1) is 6.56. The fourth-order valence-electron chi connectivity index (χ4n) is 1.10. The molecule has 0 radical (unpaired) electrons. The molecule has 0 saturated heterocycles. The van der Waals surface area contributed by atoms with Gasteiger partial charge >= 0.3 is 0 Å². The topological polar surface area (TPSA) is 41.5 Å². The van der Waals surface area contributed by atoms with E-state index in [0.29, 0.717) is 6.42 Å². The molecule has 0 aromatic rings. The van der Waals surface area contributed by atoms with Crippen LogP contribution in [-0.4, -0.2) is 43.4 Å². The number of aliphatic hydroxyl groups excluding tert-OH is 1. The predicted octanol–water partition coefficient (Wildman–Crippen LogP) is 1.02. The molecule has 86 valence electrons. The van der Waals surface area contributed by atoms with Gasteiger partial charge in [0.05, 0.1) is 6.61 Å².